The zero-order chi connectivity index (χ0) is 11.4. The van der Waals surface area contributed by atoms with Crippen molar-refractivity contribution in [2.75, 3.05) is 11.9 Å². The zero-order valence-corrected chi connectivity index (χ0v) is 8.68. The molecule has 0 unspecified atom stereocenters. The van der Waals surface area contributed by atoms with Crippen molar-refractivity contribution in [3.05, 3.63) is 30.5 Å². The van der Waals surface area contributed by atoms with Crippen LogP contribution < -0.4 is 11.1 Å². The van der Waals surface area contributed by atoms with E-state index < -0.39 is 0 Å². The summed E-state index contributed by atoms with van der Waals surface area (Å²) in [7, 11) is 0. The molecule has 0 radical (unpaired) electrons. The summed E-state index contributed by atoms with van der Waals surface area (Å²) in [6.07, 6.45) is 2.02. The largest absolute Gasteiger partial charge is 0.370 e. The molecule has 2 rings (SSSR count). The lowest BCUT2D eigenvalue weighted by molar-refractivity contribution is -0.117. The normalized spacial score (nSPS) is 10.2. The third-order valence-corrected chi connectivity index (χ3v) is 2.14. The highest BCUT2D eigenvalue weighted by atomic mass is 16.1. The van der Waals surface area contributed by atoms with Crippen LogP contribution >= 0.6 is 0 Å². The number of primary amides is 1. The molecule has 2 aromatic rings. The minimum Gasteiger partial charge on any atom is -0.370 e. The van der Waals surface area contributed by atoms with Crippen LogP contribution in [-0.2, 0) is 4.79 Å². The van der Waals surface area contributed by atoms with Gasteiger partial charge in [0.2, 0.25) is 11.9 Å². The Morgan fingerprint density at radius 1 is 1.38 bits per heavy atom. The summed E-state index contributed by atoms with van der Waals surface area (Å²) in [6.45, 7) is 0.452. The van der Waals surface area contributed by atoms with E-state index in [1.54, 1.807) is 6.20 Å². The fraction of sp³-hybridized carbons (Fsp3) is 0.182. The van der Waals surface area contributed by atoms with Gasteiger partial charge >= 0.3 is 0 Å². The number of nitrogens with two attached hydrogens (primary N) is 1. The first-order valence-electron chi connectivity index (χ1n) is 4.99. The maximum Gasteiger partial charge on any atom is 0.223 e. The van der Waals surface area contributed by atoms with Gasteiger partial charge in [-0.1, -0.05) is 18.2 Å². The predicted octanol–water partition coefficient (Wildman–Crippen LogP) is 0.917. The van der Waals surface area contributed by atoms with Gasteiger partial charge < -0.3 is 11.1 Å². The molecule has 82 valence electrons. The average molecular weight is 216 g/mol. The van der Waals surface area contributed by atoms with Crippen molar-refractivity contribution in [1.29, 1.82) is 0 Å². The van der Waals surface area contributed by atoms with Crippen LogP contribution in [-0.4, -0.2) is 22.4 Å². The summed E-state index contributed by atoms with van der Waals surface area (Å²) in [5.74, 6) is 0.174. The highest BCUT2D eigenvalue weighted by molar-refractivity contribution is 5.78. The monoisotopic (exact) mass is 216 g/mol. The number of fused-ring (bicyclic) bond motifs is 1. The van der Waals surface area contributed by atoms with Gasteiger partial charge in [0.15, 0.2) is 0 Å². The Morgan fingerprint density at radius 3 is 3.00 bits per heavy atom. The van der Waals surface area contributed by atoms with Crippen LogP contribution in [0.25, 0.3) is 10.9 Å². The van der Waals surface area contributed by atoms with Gasteiger partial charge in [-0.3, -0.25) is 4.79 Å². The Hall–Kier alpha value is -2.17. The summed E-state index contributed by atoms with van der Waals surface area (Å²) < 4.78 is 0. The molecule has 0 fully saturated rings. The lowest BCUT2D eigenvalue weighted by Crippen LogP contribution is -2.16. The molecule has 3 N–H and O–H groups in total. The highest BCUT2D eigenvalue weighted by Crippen LogP contribution is 2.11. The molecule has 0 saturated heterocycles. The Kier molecular flexibility index (Phi) is 2.95. The van der Waals surface area contributed by atoms with E-state index in [1.807, 2.05) is 24.3 Å². The molecule has 1 aromatic carbocycles. The molecule has 5 nitrogen and oxygen atoms in total. The fourth-order valence-corrected chi connectivity index (χ4v) is 1.35. The van der Waals surface area contributed by atoms with Crippen molar-refractivity contribution in [3.63, 3.8) is 0 Å². The first-order chi connectivity index (χ1) is 7.75. The molecule has 5 heteroatoms. The first kappa shape index (κ1) is 10.4. The fourth-order valence-electron chi connectivity index (χ4n) is 1.35. The van der Waals surface area contributed by atoms with Crippen molar-refractivity contribution < 1.29 is 4.79 Å². The maximum absolute atomic E-state index is 10.5. The van der Waals surface area contributed by atoms with Gasteiger partial charge in [-0.05, 0) is 6.07 Å². The number of benzene rings is 1. The van der Waals surface area contributed by atoms with E-state index in [9.17, 15) is 4.79 Å². The Balaban J connectivity index is 2.10. The van der Waals surface area contributed by atoms with E-state index >= 15 is 0 Å². The number of hydrogen-bond donors (Lipinski definition) is 2. The minimum absolute atomic E-state index is 0.274. The van der Waals surface area contributed by atoms with Gasteiger partial charge in [-0.2, -0.15) is 0 Å². The van der Waals surface area contributed by atoms with E-state index in [1.165, 1.54) is 0 Å². The van der Waals surface area contributed by atoms with E-state index in [2.05, 4.69) is 15.3 Å². The lowest BCUT2D eigenvalue weighted by Gasteiger charge is -2.03. The molecule has 0 aliphatic carbocycles. The summed E-state index contributed by atoms with van der Waals surface area (Å²) in [6, 6.07) is 7.72. The molecule has 0 aliphatic rings. The molecule has 1 amide bonds. The number of nitrogens with one attached hydrogen (secondary N) is 1. The standard InChI is InChI=1S/C11H12N4O/c12-10(16)5-6-13-11-14-7-8-3-1-2-4-9(8)15-11/h1-4,7H,5-6H2,(H2,12,16)(H,13,14,15). The number of anilines is 1. The van der Waals surface area contributed by atoms with Crippen LogP contribution in [0.5, 0.6) is 0 Å². The number of carbonyl (C=O) groups is 1. The summed E-state index contributed by atoms with van der Waals surface area (Å²) in [4.78, 5) is 19.0. The predicted molar refractivity (Wildman–Crippen MR) is 61.8 cm³/mol. The van der Waals surface area contributed by atoms with Gasteiger partial charge in [0.25, 0.3) is 0 Å². The Labute approximate surface area is 92.7 Å². The number of nitrogens with zero attached hydrogens (tertiary/aromatic N) is 2. The van der Waals surface area contributed by atoms with Crippen LogP contribution in [0.1, 0.15) is 6.42 Å². The van der Waals surface area contributed by atoms with Crippen molar-refractivity contribution >= 4 is 22.8 Å². The van der Waals surface area contributed by atoms with Crippen molar-refractivity contribution in [2.24, 2.45) is 5.73 Å². The molecule has 0 aliphatic heterocycles. The Bertz CT molecular complexity index is 512. The Morgan fingerprint density at radius 2 is 2.19 bits per heavy atom. The van der Waals surface area contributed by atoms with Crippen LogP contribution in [0.4, 0.5) is 5.95 Å². The number of carbonyl (C=O) groups excluding carboxylic acids is 1. The average Bonchev–Trinajstić information content (AvgIpc) is 2.28. The van der Waals surface area contributed by atoms with E-state index in [4.69, 9.17) is 5.73 Å². The maximum atomic E-state index is 10.5. The van der Waals surface area contributed by atoms with Gasteiger partial charge in [0.1, 0.15) is 0 Å². The smallest absolute Gasteiger partial charge is 0.223 e. The van der Waals surface area contributed by atoms with Gasteiger partial charge in [0, 0.05) is 24.5 Å². The number of aromatic nitrogens is 2. The first-order valence-corrected chi connectivity index (χ1v) is 4.99. The van der Waals surface area contributed by atoms with Crippen LogP contribution in [0.2, 0.25) is 0 Å². The molecule has 1 aromatic heterocycles. The third-order valence-electron chi connectivity index (χ3n) is 2.14. The minimum atomic E-state index is -0.340. The summed E-state index contributed by atoms with van der Waals surface area (Å²) in [5.41, 5.74) is 5.90. The van der Waals surface area contributed by atoms with Gasteiger partial charge in [-0.25, -0.2) is 9.97 Å². The molecule has 0 saturated carbocycles. The highest BCUT2D eigenvalue weighted by Gasteiger charge is 1.99. The van der Waals surface area contributed by atoms with E-state index in [-0.39, 0.29) is 12.3 Å². The van der Waals surface area contributed by atoms with Crippen molar-refractivity contribution in [3.8, 4) is 0 Å². The van der Waals surface area contributed by atoms with Crippen LogP contribution in [0.15, 0.2) is 30.5 Å². The third kappa shape index (κ3) is 2.44. The number of amides is 1. The zero-order valence-electron chi connectivity index (χ0n) is 8.68. The number of rotatable bonds is 4. The van der Waals surface area contributed by atoms with Gasteiger partial charge in [0.05, 0.1) is 5.52 Å². The molecular weight excluding hydrogens is 204 g/mol. The van der Waals surface area contributed by atoms with E-state index in [0.29, 0.717) is 12.5 Å². The second-order valence-corrected chi connectivity index (χ2v) is 3.40. The molecule has 0 atom stereocenters. The van der Waals surface area contributed by atoms with Crippen LogP contribution in [0, 0.1) is 0 Å². The number of para-hydroxylation sites is 1. The molecule has 1 heterocycles. The van der Waals surface area contributed by atoms with Crippen molar-refractivity contribution in [2.45, 2.75) is 6.42 Å². The molecule has 0 bridgehead atoms. The van der Waals surface area contributed by atoms with Crippen LogP contribution in [0.3, 0.4) is 0 Å². The topological polar surface area (TPSA) is 80.9 Å². The second kappa shape index (κ2) is 4.57. The molecular formula is C11H12N4O. The molecule has 0 spiro atoms. The SMILES string of the molecule is NC(=O)CCNc1ncc2ccccc2n1. The number of hydrogen-bond acceptors (Lipinski definition) is 4. The summed E-state index contributed by atoms with van der Waals surface area (Å²) >= 11 is 0. The summed E-state index contributed by atoms with van der Waals surface area (Å²) in [5, 5.41) is 3.93. The second-order valence-electron chi connectivity index (χ2n) is 3.40. The molecule has 16 heavy (non-hydrogen) atoms. The van der Waals surface area contributed by atoms with E-state index in [0.717, 1.165) is 10.9 Å². The van der Waals surface area contributed by atoms with Gasteiger partial charge in [-0.15, -0.1) is 0 Å². The van der Waals surface area contributed by atoms with Crippen molar-refractivity contribution in [1.82, 2.24) is 9.97 Å². The quantitative estimate of drug-likeness (QED) is 0.796. The lowest BCUT2D eigenvalue weighted by atomic mass is 10.2.